The first-order chi connectivity index (χ1) is 50.6. The van der Waals surface area contributed by atoms with Gasteiger partial charge in [-0.15, -0.1) is 0 Å². The fourth-order valence-electron chi connectivity index (χ4n) is 16.2. The van der Waals surface area contributed by atoms with Crippen LogP contribution in [0.3, 0.4) is 0 Å². The van der Waals surface area contributed by atoms with E-state index in [-0.39, 0.29) is 0 Å². The quantitative estimate of drug-likeness (QED) is 0.129. The first-order valence-electron chi connectivity index (χ1n) is 34.7. The molecule has 21 aromatic rings. The highest BCUT2D eigenvalue weighted by molar-refractivity contribution is 6.25. The standard InChI is InChI=1S/C96H58N2O4/c1-2-18-59(19-3-1)66-24-12-25-70(58-66)98(69-52-42-64(43-53-69)73-31-15-37-86-89(73)81-54-46-61-21-5-8-27-75(61)93(81)100-86)84-35-17-39-88-92(84)80-33-14-32-77(95(80)101-88)78-57-56-74(90-82-55-47-62-22-6-9-28-76(62)94(82)102-96(78)90)65-44-50-68(51-45-65)97(83-34-16-38-87-91(83)79-29-10-11-36-85(79)99-87)67-48-40-63(41-49-67)72-30-13-23-60-20-4-7-26-71(60)72/h1-58H. The maximum Gasteiger partial charge on any atom is 0.144 e. The van der Waals surface area contributed by atoms with Gasteiger partial charge < -0.3 is 27.5 Å². The van der Waals surface area contributed by atoms with Crippen molar-refractivity contribution in [3.05, 3.63) is 352 Å². The lowest BCUT2D eigenvalue weighted by Gasteiger charge is -2.27. The van der Waals surface area contributed by atoms with Gasteiger partial charge in [-0.1, -0.05) is 249 Å². The Balaban J connectivity index is 0.708. The van der Waals surface area contributed by atoms with Crippen molar-refractivity contribution in [1.82, 2.24) is 0 Å². The molecule has 0 aliphatic heterocycles. The number of anilines is 6. The van der Waals surface area contributed by atoms with E-state index in [0.29, 0.717) is 0 Å². The van der Waals surface area contributed by atoms with Gasteiger partial charge in [0.15, 0.2) is 0 Å². The second-order valence-corrected chi connectivity index (χ2v) is 26.5. The number of hydrogen-bond donors (Lipinski definition) is 0. The Kier molecular flexibility index (Phi) is 12.9. The zero-order valence-corrected chi connectivity index (χ0v) is 55.0. The van der Waals surface area contributed by atoms with Crippen LogP contribution in [0.15, 0.2) is 370 Å². The topological polar surface area (TPSA) is 59.0 Å². The molecule has 21 rings (SSSR count). The van der Waals surface area contributed by atoms with Crippen molar-refractivity contribution in [2.24, 2.45) is 0 Å². The van der Waals surface area contributed by atoms with E-state index in [1.165, 1.54) is 16.3 Å². The highest BCUT2D eigenvalue weighted by Crippen LogP contribution is 2.51. The fourth-order valence-corrected chi connectivity index (χ4v) is 16.2. The van der Waals surface area contributed by atoms with Crippen LogP contribution in [0.25, 0.3) is 176 Å². The Hall–Kier alpha value is -13.7. The molecule has 0 radical (unpaired) electrons. The van der Waals surface area contributed by atoms with Crippen LogP contribution in [0.5, 0.6) is 0 Å². The Bertz CT molecular complexity index is 6930. The third-order valence-electron chi connectivity index (χ3n) is 20.9. The summed E-state index contributed by atoms with van der Waals surface area (Å²) in [6.45, 7) is 0. The Morgan fingerprint density at radius 2 is 0.588 bits per heavy atom. The minimum Gasteiger partial charge on any atom is -0.456 e. The van der Waals surface area contributed by atoms with E-state index < -0.39 is 0 Å². The Morgan fingerprint density at radius 1 is 0.176 bits per heavy atom. The van der Waals surface area contributed by atoms with E-state index in [1.54, 1.807) is 0 Å². The SMILES string of the molecule is c1ccc(-c2cccc(N(c3ccc(-c4cccc5oc6c7ccccc7ccc6c45)cc3)c3cccc4oc5c(-c6ccc(-c7ccc(N(c8ccc(-c9cccc%10ccccc9%10)cc8)c8cccc9oc%10ccccc%10c89)cc7)c7c6oc6c8ccccc8ccc67)cccc5c34)c2)cc1. The monoisotopic (exact) mass is 1300 g/mol. The number of rotatable bonds is 11. The summed E-state index contributed by atoms with van der Waals surface area (Å²) in [6.07, 6.45) is 0. The van der Waals surface area contributed by atoms with E-state index in [2.05, 4.69) is 350 Å². The maximum absolute atomic E-state index is 7.40. The molecule has 0 bridgehead atoms. The fraction of sp³-hybridized carbons (Fsp3) is 0. The lowest BCUT2D eigenvalue weighted by atomic mass is 9.93. The summed E-state index contributed by atoms with van der Waals surface area (Å²) in [5, 5.41) is 15.3. The van der Waals surface area contributed by atoms with Gasteiger partial charge in [0.2, 0.25) is 0 Å². The predicted molar refractivity (Wildman–Crippen MR) is 425 cm³/mol. The van der Waals surface area contributed by atoms with Crippen LogP contribution in [-0.2, 0) is 0 Å². The molecule has 102 heavy (non-hydrogen) atoms. The summed E-state index contributed by atoms with van der Waals surface area (Å²) < 4.78 is 27.9. The lowest BCUT2D eigenvalue weighted by Crippen LogP contribution is -2.10. The van der Waals surface area contributed by atoms with E-state index in [0.717, 1.165) is 193 Å². The third-order valence-corrected chi connectivity index (χ3v) is 20.9. The first-order valence-corrected chi connectivity index (χ1v) is 34.7. The molecule has 0 aliphatic carbocycles. The molecule has 4 heterocycles. The molecule has 476 valence electrons. The average molecular weight is 1300 g/mol. The number of furan rings is 4. The van der Waals surface area contributed by atoms with Crippen LogP contribution in [0, 0.1) is 0 Å². The highest BCUT2D eigenvalue weighted by Gasteiger charge is 2.27. The van der Waals surface area contributed by atoms with E-state index in [1.807, 2.05) is 12.1 Å². The zero-order chi connectivity index (χ0) is 66.9. The van der Waals surface area contributed by atoms with Crippen molar-refractivity contribution in [1.29, 1.82) is 0 Å². The van der Waals surface area contributed by atoms with Crippen molar-refractivity contribution in [2.75, 3.05) is 9.80 Å². The van der Waals surface area contributed by atoms with Crippen LogP contribution < -0.4 is 9.80 Å². The predicted octanol–water partition coefficient (Wildman–Crippen LogP) is 28.0. The molecule has 6 heteroatoms. The molecular formula is C96H58N2O4. The van der Waals surface area contributed by atoms with Gasteiger partial charge in [0.25, 0.3) is 0 Å². The molecule has 0 atom stereocenters. The molecule has 0 saturated carbocycles. The van der Waals surface area contributed by atoms with Crippen LogP contribution in [-0.4, -0.2) is 0 Å². The van der Waals surface area contributed by atoms with Crippen molar-refractivity contribution >= 4 is 154 Å². The summed E-state index contributed by atoms with van der Waals surface area (Å²) >= 11 is 0. The molecule has 0 unspecified atom stereocenters. The Morgan fingerprint density at radius 3 is 1.27 bits per heavy atom. The second kappa shape index (κ2) is 23.0. The normalized spacial score (nSPS) is 11.9. The van der Waals surface area contributed by atoms with Gasteiger partial charge in [0, 0.05) is 77.0 Å². The molecule has 4 aromatic heterocycles. The molecule has 0 amide bonds. The minimum absolute atomic E-state index is 0.774. The van der Waals surface area contributed by atoms with Gasteiger partial charge >= 0.3 is 0 Å². The number of para-hydroxylation sites is 2. The summed E-state index contributed by atoms with van der Waals surface area (Å²) in [7, 11) is 0. The average Bonchev–Trinajstić information content (AvgIpc) is 1.55. The van der Waals surface area contributed by atoms with Crippen molar-refractivity contribution in [3.63, 3.8) is 0 Å². The summed E-state index contributed by atoms with van der Waals surface area (Å²) in [5.74, 6) is 0. The van der Waals surface area contributed by atoms with E-state index in [4.69, 9.17) is 17.7 Å². The molecule has 0 N–H and O–H groups in total. The number of nitrogens with zero attached hydrogens (tertiary/aromatic N) is 2. The van der Waals surface area contributed by atoms with Gasteiger partial charge in [0.05, 0.1) is 22.1 Å². The number of benzene rings is 17. The Labute approximate surface area is 585 Å². The first kappa shape index (κ1) is 57.4. The molecular weight excluding hydrogens is 1250 g/mol. The van der Waals surface area contributed by atoms with Crippen molar-refractivity contribution in [2.45, 2.75) is 0 Å². The third kappa shape index (κ3) is 9.06. The van der Waals surface area contributed by atoms with Crippen LogP contribution in [0.2, 0.25) is 0 Å². The van der Waals surface area contributed by atoms with Crippen molar-refractivity contribution in [3.8, 4) is 55.6 Å². The summed E-state index contributed by atoms with van der Waals surface area (Å²) in [5.41, 5.74) is 23.5. The van der Waals surface area contributed by atoms with Gasteiger partial charge in [-0.2, -0.15) is 0 Å². The maximum atomic E-state index is 7.40. The lowest BCUT2D eigenvalue weighted by molar-refractivity contribution is 0.666. The summed E-state index contributed by atoms with van der Waals surface area (Å²) in [4.78, 5) is 4.74. The molecule has 0 aliphatic rings. The highest BCUT2D eigenvalue weighted by atomic mass is 16.3. The van der Waals surface area contributed by atoms with Crippen LogP contribution in [0.4, 0.5) is 34.1 Å². The number of fused-ring (bicyclic) bond motifs is 17. The van der Waals surface area contributed by atoms with Crippen molar-refractivity contribution < 1.29 is 17.7 Å². The van der Waals surface area contributed by atoms with Gasteiger partial charge in [-0.3, -0.25) is 0 Å². The van der Waals surface area contributed by atoms with E-state index >= 15 is 0 Å². The van der Waals surface area contributed by atoms with Gasteiger partial charge in [0.1, 0.15) is 44.7 Å². The largest absolute Gasteiger partial charge is 0.456 e. The molecule has 0 spiro atoms. The molecule has 6 nitrogen and oxygen atoms in total. The molecule has 0 fully saturated rings. The van der Waals surface area contributed by atoms with Crippen LogP contribution >= 0.6 is 0 Å². The molecule has 0 saturated heterocycles. The smallest absolute Gasteiger partial charge is 0.144 e. The number of hydrogen-bond acceptors (Lipinski definition) is 6. The van der Waals surface area contributed by atoms with Gasteiger partial charge in [-0.25, -0.2) is 0 Å². The van der Waals surface area contributed by atoms with E-state index in [9.17, 15) is 0 Å². The molecule has 17 aromatic carbocycles. The van der Waals surface area contributed by atoms with Gasteiger partial charge in [-0.05, 0) is 169 Å². The zero-order valence-electron chi connectivity index (χ0n) is 55.0. The van der Waals surface area contributed by atoms with Crippen LogP contribution in [0.1, 0.15) is 0 Å². The summed E-state index contributed by atoms with van der Waals surface area (Å²) in [6, 6.07) is 126. The second-order valence-electron chi connectivity index (χ2n) is 26.5. The minimum atomic E-state index is 0.774.